The lowest BCUT2D eigenvalue weighted by molar-refractivity contribution is 1.29. The molecule has 0 heterocycles. The minimum atomic E-state index is 1.09. The van der Waals surface area contributed by atoms with E-state index in [1.165, 1.54) is 11.3 Å². The molecule has 0 saturated heterocycles. The third kappa shape index (κ3) is 1.39. The maximum atomic E-state index is 2.26. The van der Waals surface area contributed by atoms with E-state index in [2.05, 4.69) is 42.8 Å². The van der Waals surface area contributed by atoms with Crippen molar-refractivity contribution in [1.82, 2.24) is 0 Å². The van der Waals surface area contributed by atoms with Crippen LogP contribution in [0.25, 0.3) is 0 Å². The number of hydrogen-bond donors (Lipinski definition) is 0. The van der Waals surface area contributed by atoms with E-state index in [-0.39, 0.29) is 0 Å². The Hall–Kier alpha value is -0.763. The minimum Gasteiger partial charge on any atom is -0.409 e. The Bertz CT molecular complexity index is 220. The van der Waals surface area contributed by atoms with Crippen LogP contribution in [0.4, 0.5) is 5.69 Å². The van der Waals surface area contributed by atoms with Crippen molar-refractivity contribution < 1.29 is 0 Å². The average Bonchev–Trinajstić information content (AvgIpc) is 1.88. The average molecular weight is 151 g/mol. The van der Waals surface area contributed by atoms with Gasteiger partial charge in [0.1, 0.15) is 10.4 Å². The van der Waals surface area contributed by atoms with Gasteiger partial charge in [-0.2, -0.15) is 0 Å². The number of benzene rings is 1. The van der Waals surface area contributed by atoms with Gasteiger partial charge in [-0.15, -0.1) is 0 Å². The van der Waals surface area contributed by atoms with Crippen LogP contribution in [0.15, 0.2) is 24.3 Å². The van der Waals surface area contributed by atoms with Crippen LogP contribution in [-0.2, 0) is 0 Å². The summed E-state index contributed by atoms with van der Waals surface area (Å²) >= 11 is 0. The lowest BCUT2D eigenvalue weighted by Gasteiger charge is -2.14. The van der Waals surface area contributed by atoms with Crippen LogP contribution in [0, 0.1) is 6.92 Å². The summed E-state index contributed by atoms with van der Waals surface area (Å²) in [6, 6.07) is 8.45. The fourth-order valence-corrected chi connectivity index (χ4v) is 1.57. The lowest BCUT2D eigenvalue weighted by atomic mass is 10.2. The van der Waals surface area contributed by atoms with Crippen LogP contribution in [0.1, 0.15) is 5.56 Å². The highest BCUT2D eigenvalue weighted by Gasteiger charge is 1.95. The van der Waals surface area contributed by atoms with Crippen LogP contribution in [-0.4, -0.2) is 17.5 Å². The molecular weight excluding hydrogens is 138 g/mol. The largest absolute Gasteiger partial charge is 0.409 e. The van der Waals surface area contributed by atoms with E-state index >= 15 is 0 Å². The zero-order chi connectivity index (χ0) is 7.56. The molecule has 0 amide bonds. The van der Waals surface area contributed by atoms with Gasteiger partial charge in [-0.3, -0.25) is 0 Å². The molecule has 0 unspecified atom stereocenters. The van der Waals surface area contributed by atoms with Crippen LogP contribution < -0.4 is 4.57 Å². The Morgan fingerprint density at radius 2 is 1.90 bits per heavy atom. The molecule has 10 heavy (non-hydrogen) atoms. The van der Waals surface area contributed by atoms with Crippen molar-refractivity contribution in [2.24, 2.45) is 0 Å². The zero-order valence-corrected chi connectivity index (χ0v) is 8.76. The van der Waals surface area contributed by atoms with Crippen LogP contribution in [0.3, 0.4) is 0 Å². The number of anilines is 1. The molecule has 0 fully saturated rings. The van der Waals surface area contributed by atoms with E-state index < -0.39 is 0 Å². The smallest absolute Gasteiger partial charge is 0.107 e. The van der Waals surface area contributed by atoms with Crippen molar-refractivity contribution >= 4 is 16.1 Å². The monoisotopic (exact) mass is 151 g/mol. The number of hydrogen-bond acceptors (Lipinski definition) is 1. The zero-order valence-electron chi connectivity index (χ0n) is 6.76. The molecule has 0 aliphatic rings. The summed E-state index contributed by atoms with van der Waals surface area (Å²) in [4.78, 5) is 0. The summed E-state index contributed by atoms with van der Waals surface area (Å²) in [5, 5.41) is 0. The number of para-hydroxylation sites is 1. The lowest BCUT2D eigenvalue weighted by Crippen LogP contribution is -2.12. The first-order valence-electron chi connectivity index (χ1n) is 3.45. The topological polar surface area (TPSA) is 3.24 Å². The Morgan fingerprint density at radius 1 is 1.30 bits per heavy atom. The van der Waals surface area contributed by atoms with E-state index in [0.29, 0.717) is 0 Å². The summed E-state index contributed by atoms with van der Waals surface area (Å²) in [6.07, 6.45) is 0. The Kier molecular flexibility index (Phi) is 2.12. The van der Waals surface area contributed by atoms with Crippen LogP contribution in [0.5, 0.6) is 0 Å². The number of rotatable bonds is 1. The van der Waals surface area contributed by atoms with E-state index in [0.717, 1.165) is 10.4 Å². The molecule has 2 heteroatoms. The fraction of sp³-hybridized carbons (Fsp3) is 0.250. The summed E-state index contributed by atoms with van der Waals surface area (Å²) in [5.74, 6) is 0. The highest BCUT2D eigenvalue weighted by atomic mass is 28.2. The van der Waals surface area contributed by atoms with Crippen LogP contribution >= 0.6 is 0 Å². The molecule has 0 saturated carbocycles. The van der Waals surface area contributed by atoms with Gasteiger partial charge in [0.05, 0.1) is 0 Å². The summed E-state index contributed by atoms with van der Waals surface area (Å²) in [5.41, 5.74) is 2.72. The van der Waals surface area contributed by atoms with Gasteiger partial charge in [0.2, 0.25) is 0 Å². The first kappa shape index (κ1) is 7.35. The predicted octanol–water partition coefficient (Wildman–Crippen LogP) is 0.712. The quantitative estimate of drug-likeness (QED) is 0.534. The second kappa shape index (κ2) is 2.88. The van der Waals surface area contributed by atoms with Crippen molar-refractivity contribution in [3.8, 4) is 0 Å². The molecule has 1 nitrogen and oxygen atoms in total. The second-order valence-corrected chi connectivity index (χ2v) is 4.02. The summed E-state index contributed by atoms with van der Waals surface area (Å²) < 4.78 is 2.26. The first-order chi connectivity index (χ1) is 4.72. The molecule has 0 N–H and O–H groups in total. The summed E-state index contributed by atoms with van der Waals surface area (Å²) in [6.45, 7) is 2.14. The normalized spacial score (nSPS) is 9.80. The standard InChI is InChI=1S/C8H13NSi/c1-7-5-3-4-6-8(7)9(2)10/h3-6H,1-2,10H3. The number of aryl methyl sites for hydroxylation is 1. The van der Waals surface area contributed by atoms with E-state index in [1.54, 1.807) is 0 Å². The van der Waals surface area contributed by atoms with Gasteiger partial charge in [0.25, 0.3) is 0 Å². The summed E-state index contributed by atoms with van der Waals surface area (Å²) in [7, 11) is 3.21. The van der Waals surface area contributed by atoms with Crippen molar-refractivity contribution in [3.05, 3.63) is 29.8 Å². The van der Waals surface area contributed by atoms with Gasteiger partial charge in [-0.1, -0.05) is 18.2 Å². The van der Waals surface area contributed by atoms with Crippen molar-refractivity contribution in [3.63, 3.8) is 0 Å². The van der Waals surface area contributed by atoms with E-state index in [1.807, 2.05) is 0 Å². The third-order valence-electron chi connectivity index (χ3n) is 1.60. The van der Waals surface area contributed by atoms with Gasteiger partial charge in [-0.25, -0.2) is 0 Å². The highest BCUT2D eigenvalue weighted by Crippen LogP contribution is 2.14. The number of nitrogens with zero attached hydrogens (tertiary/aromatic N) is 1. The van der Waals surface area contributed by atoms with Crippen molar-refractivity contribution in [2.45, 2.75) is 6.92 Å². The van der Waals surface area contributed by atoms with Gasteiger partial charge in [0.15, 0.2) is 0 Å². The molecule has 0 radical (unpaired) electrons. The van der Waals surface area contributed by atoms with Gasteiger partial charge in [0, 0.05) is 5.69 Å². The Morgan fingerprint density at radius 3 is 2.30 bits per heavy atom. The van der Waals surface area contributed by atoms with Crippen LogP contribution in [0.2, 0.25) is 0 Å². The van der Waals surface area contributed by atoms with Crippen molar-refractivity contribution in [1.29, 1.82) is 0 Å². The molecular formula is C8H13NSi. The molecule has 1 aromatic carbocycles. The maximum absolute atomic E-state index is 2.26. The Labute approximate surface area is 65.2 Å². The fourth-order valence-electron chi connectivity index (χ4n) is 1.07. The molecule has 0 aromatic heterocycles. The van der Waals surface area contributed by atoms with Crippen molar-refractivity contribution in [2.75, 3.05) is 11.6 Å². The molecule has 0 aliphatic heterocycles. The third-order valence-corrected chi connectivity index (χ3v) is 2.08. The van der Waals surface area contributed by atoms with Gasteiger partial charge < -0.3 is 4.57 Å². The second-order valence-electron chi connectivity index (χ2n) is 2.68. The molecule has 1 rings (SSSR count). The van der Waals surface area contributed by atoms with Gasteiger partial charge in [-0.05, 0) is 25.6 Å². The minimum absolute atomic E-state index is 1.09. The molecule has 0 spiro atoms. The molecule has 0 bridgehead atoms. The van der Waals surface area contributed by atoms with Gasteiger partial charge >= 0.3 is 0 Å². The molecule has 1 aromatic rings. The maximum Gasteiger partial charge on any atom is 0.107 e. The SMILES string of the molecule is Cc1ccccc1N(C)[SiH3]. The molecule has 0 atom stereocenters. The highest BCUT2D eigenvalue weighted by molar-refractivity contribution is 6.17. The predicted molar refractivity (Wildman–Crippen MR) is 49.5 cm³/mol. The molecule has 54 valence electrons. The Balaban J connectivity index is 3.03. The van der Waals surface area contributed by atoms with E-state index in [9.17, 15) is 0 Å². The van der Waals surface area contributed by atoms with E-state index in [4.69, 9.17) is 0 Å². The molecule has 0 aliphatic carbocycles. The first-order valence-corrected chi connectivity index (χ1v) is 4.34.